The van der Waals surface area contributed by atoms with E-state index in [0.29, 0.717) is 38.5 Å². The Bertz CT molecular complexity index is 847. The Balaban J connectivity index is 1.62. The fraction of sp³-hybridized carbons (Fsp3) is 0.792. The molecule has 4 fully saturated rings. The van der Waals surface area contributed by atoms with Gasteiger partial charge in [-0.1, -0.05) is 19.4 Å². The van der Waals surface area contributed by atoms with E-state index in [0.717, 1.165) is 18.4 Å². The van der Waals surface area contributed by atoms with Gasteiger partial charge in [0.2, 0.25) is 0 Å². The van der Waals surface area contributed by atoms with Gasteiger partial charge in [0.25, 0.3) is 0 Å². The lowest BCUT2D eigenvalue weighted by molar-refractivity contribution is -0.197. The molecule has 0 aromatic carbocycles. The first kappa shape index (κ1) is 20.2. The maximum Gasteiger partial charge on any atom is 0.309 e. The fourth-order valence-corrected chi connectivity index (χ4v) is 8.35. The molecular weight excluding hydrogens is 384 g/mol. The zero-order valence-corrected chi connectivity index (χ0v) is 18.1. The molecule has 3 saturated carbocycles. The zero-order valence-electron chi connectivity index (χ0n) is 18.1. The SMILES string of the molecule is COC(=O)[C@@H]1CC2=CC(=O)CCC2(C)C2C1[C@@H]1CC[C@@]3(CCC(=O)O3)C1(C)C[C@H]2O. The van der Waals surface area contributed by atoms with E-state index in [-0.39, 0.29) is 52.2 Å². The van der Waals surface area contributed by atoms with Crippen LogP contribution in [0.3, 0.4) is 0 Å². The Hall–Kier alpha value is -1.69. The number of carbonyl (C=O) groups is 3. The van der Waals surface area contributed by atoms with Crippen LogP contribution in [0.1, 0.15) is 65.2 Å². The molecule has 5 rings (SSSR count). The van der Waals surface area contributed by atoms with Gasteiger partial charge in [0.15, 0.2) is 5.78 Å². The van der Waals surface area contributed by atoms with Gasteiger partial charge in [0, 0.05) is 18.3 Å². The van der Waals surface area contributed by atoms with E-state index in [9.17, 15) is 19.5 Å². The highest BCUT2D eigenvalue weighted by Crippen LogP contribution is 2.70. The summed E-state index contributed by atoms with van der Waals surface area (Å²) in [5.41, 5.74) is -0.168. The van der Waals surface area contributed by atoms with Gasteiger partial charge in [-0.15, -0.1) is 0 Å². The highest BCUT2D eigenvalue weighted by Gasteiger charge is 2.71. The minimum atomic E-state index is -0.611. The van der Waals surface area contributed by atoms with E-state index < -0.39 is 11.7 Å². The second-order valence-corrected chi connectivity index (χ2v) is 10.8. The second kappa shape index (κ2) is 6.41. The average Bonchev–Trinajstić information content (AvgIpc) is 3.21. The third kappa shape index (κ3) is 2.43. The Morgan fingerprint density at radius 1 is 1.20 bits per heavy atom. The molecule has 8 atom stereocenters. The number of aliphatic hydroxyl groups excluding tert-OH is 1. The third-order valence-corrected chi connectivity index (χ3v) is 9.79. The summed E-state index contributed by atoms with van der Waals surface area (Å²) in [7, 11) is 1.42. The molecule has 0 radical (unpaired) electrons. The van der Waals surface area contributed by atoms with Gasteiger partial charge in [-0.2, -0.15) is 0 Å². The summed E-state index contributed by atoms with van der Waals surface area (Å²) in [6, 6.07) is 0. The van der Waals surface area contributed by atoms with E-state index in [1.54, 1.807) is 6.08 Å². The second-order valence-electron chi connectivity index (χ2n) is 10.8. The molecule has 1 heterocycles. The summed E-state index contributed by atoms with van der Waals surface area (Å²) >= 11 is 0. The Labute approximate surface area is 177 Å². The number of esters is 2. The predicted octanol–water partition coefficient (Wildman–Crippen LogP) is 2.96. The lowest BCUT2D eigenvalue weighted by Crippen LogP contribution is -2.62. The maximum atomic E-state index is 12.9. The molecule has 0 bridgehead atoms. The number of hydrogen-bond acceptors (Lipinski definition) is 6. The molecule has 1 spiro atoms. The molecule has 1 saturated heterocycles. The van der Waals surface area contributed by atoms with Crippen LogP contribution in [-0.4, -0.2) is 41.6 Å². The van der Waals surface area contributed by atoms with Gasteiger partial charge in [-0.3, -0.25) is 14.4 Å². The number of rotatable bonds is 1. The molecule has 1 N–H and O–H groups in total. The smallest absolute Gasteiger partial charge is 0.309 e. The Kier molecular flexibility index (Phi) is 4.32. The van der Waals surface area contributed by atoms with Crippen molar-refractivity contribution in [3.8, 4) is 0 Å². The molecule has 4 aliphatic carbocycles. The topological polar surface area (TPSA) is 89.9 Å². The quantitative estimate of drug-likeness (QED) is 0.661. The lowest BCUT2D eigenvalue weighted by Gasteiger charge is -2.62. The summed E-state index contributed by atoms with van der Waals surface area (Å²) in [4.78, 5) is 37.2. The highest BCUT2D eigenvalue weighted by molar-refractivity contribution is 5.92. The predicted molar refractivity (Wildman–Crippen MR) is 107 cm³/mol. The van der Waals surface area contributed by atoms with Crippen molar-refractivity contribution in [1.29, 1.82) is 0 Å². The van der Waals surface area contributed by atoms with Gasteiger partial charge < -0.3 is 14.6 Å². The highest BCUT2D eigenvalue weighted by atomic mass is 16.6. The summed E-state index contributed by atoms with van der Waals surface area (Å²) in [5, 5.41) is 11.6. The first-order valence-corrected chi connectivity index (χ1v) is 11.4. The summed E-state index contributed by atoms with van der Waals surface area (Å²) in [6.07, 6.45) is 6.21. The number of ketones is 1. The molecule has 164 valence electrons. The summed E-state index contributed by atoms with van der Waals surface area (Å²) in [5.74, 6) is -0.636. The van der Waals surface area contributed by atoms with Crippen molar-refractivity contribution >= 4 is 17.7 Å². The normalized spacial score (nSPS) is 49.7. The van der Waals surface area contributed by atoms with Crippen molar-refractivity contribution in [2.75, 3.05) is 7.11 Å². The number of ether oxygens (including phenoxy) is 2. The summed E-state index contributed by atoms with van der Waals surface area (Å²) in [6.45, 7) is 4.33. The van der Waals surface area contributed by atoms with Crippen LogP contribution in [0.5, 0.6) is 0 Å². The van der Waals surface area contributed by atoms with E-state index >= 15 is 0 Å². The molecular formula is C24H32O6. The van der Waals surface area contributed by atoms with E-state index in [1.165, 1.54) is 7.11 Å². The van der Waals surface area contributed by atoms with Crippen molar-refractivity contribution in [2.24, 2.45) is 34.5 Å². The van der Waals surface area contributed by atoms with Crippen molar-refractivity contribution in [3.63, 3.8) is 0 Å². The maximum absolute atomic E-state index is 12.9. The van der Waals surface area contributed by atoms with Crippen molar-refractivity contribution < 1.29 is 29.0 Å². The molecule has 0 aromatic heterocycles. The minimum absolute atomic E-state index is 0.0415. The molecule has 5 aliphatic rings. The first-order chi connectivity index (χ1) is 14.1. The number of methoxy groups -OCH3 is 1. The average molecular weight is 417 g/mol. The van der Waals surface area contributed by atoms with Crippen molar-refractivity contribution in [3.05, 3.63) is 11.6 Å². The van der Waals surface area contributed by atoms with E-state index in [4.69, 9.17) is 9.47 Å². The summed E-state index contributed by atoms with van der Waals surface area (Å²) < 4.78 is 11.2. The molecule has 0 amide bonds. The Morgan fingerprint density at radius 3 is 2.63 bits per heavy atom. The van der Waals surface area contributed by atoms with Crippen LogP contribution in [-0.2, 0) is 23.9 Å². The number of allylic oxidation sites excluding steroid dienone is 1. The van der Waals surface area contributed by atoms with Crippen molar-refractivity contribution in [1.82, 2.24) is 0 Å². The molecule has 6 heteroatoms. The molecule has 1 aliphatic heterocycles. The van der Waals surface area contributed by atoms with E-state index in [1.807, 2.05) is 0 Å². The molecule has 6 nitrogen and oxygen atoms in total. The third-order valence-electron chi connectivity index (χ3n) is 9.79. The molecule has 30 heavy (non-hydrogen) atoms. The van der Waals surface area contributed by atoms with Gasteiger partial charge in [0.1, 0.15) is 5.60 Å². The molecule has 4 unspecified atom stereocenters. The Morgan fingerprint density at radius 2 is 1.97 bits per heavy atom. The van der Waals surface area contributed by atoms with Crippen LogP contribution in [0.4, 0.5) is 0 Å². The molecule has 0 aromatic rings. The van der Waals surface area contributed by atoms with Crippen LogP contribution in [0.2, 0.25) is 0 Å². The van der Waals surface area contributed by atoms with Gasteiger partial charge in [0.05, 0.1) is 19.1 Å². The number of fused-ring (bicyclic) bond motifs is 6. The van der Waals surface area contributed by atoms with E-state index in [2.05, 4.69) is 13.8 Å². The number of carbonyl (C=O) groups excluding carboxylic acids is 3. The number of aliphatic hydroxyl groups is 1. The fourth-order valence-electron chi connectivity index (χ4n) is 8.35. The standard InChI is InChI=1S/C24H32O6/c1-22-7-4-14(25)10-13(22)11-15(21(28)29-3)19-16-5-8-24(9-6-18(27)30-24)23(16,2)12-17(26)20(19)22/h10,15-17,19-20,26H,4-9,11-12H2,1-3H3/t15-,16+,17-,19?,20?,22?,23?,24-/m1/s1. The van der Waals surface area contributed by atoms with Gasteiger partial charge >= 0.3 is 11.9 Å². The van der Waals surface area contributed by atoms with Crippen LogP contribution in [0.15, 0.2) is 11.6 Å². The lowest BCUT2D eigenvalue weighted by atomic mass is 9.43. The van der Waals surface area contributed by atoms with Crippen LogP contribution >= 0.6 is 0 Å². The minimum Gasteiger partial charge on any atom is -0.469 e. The first-order valence-electron chi connectivity index (χ1n) is 11.4. The van der Waals surface area contributed by atoms with Crippen LogP contribution < -0.4 is 0 Å². The number of hydrogen-bond donors (Lipinski definition) is 1. The van der Waals surface area contributed by atoms with Crippen molar-refractivity contribution in [2.45, 2.75) is 76.9 Å². The van der Waals surface area contributed by atoms with Crippen LogP contribution in [0.25, 0.3) is 0 Å². The van der Waals surface area contributed by atoms with Gasteiger partial charge in [-0.25, -0.2) is 0 Å². The largest absolute Gasteiger partial charge is 0.469 e. The van der Waals surface area contributed by atoms with Crippen LogP contribution in [0, 0.1) is 34.5 Å². The monoisotopic (exact) mass is 416 g/mol. The zero-order chi connectivity index (χ0) is 21.5. The van der Waals surface area contributed by atoms with Gasteiger partial charge in [-0.05, 0) is 67.8 Å².